The molecule has 33 heavy (non-hydrogen) atoms. The van der Waals surface area contributed by atoms with Gasteiger partial charge in [0.15, 0.2) is 0 Å². The standard InChI is InChI=1S/C26H33ClFN3O2/c1-18-16-31(14-13-29-18)17-20-3-8-22(15-25(20)27)30(2)26(32)19-4-9-23(10-5-19)33-24-11-6-21(28)7-12-24/h3,6-8,11-12,15,18-19,23,29H,4-5,9-10,13-14,16-17H2,1-2H3/t18-,19-,23-/m0/s1. The van der Waals surface area contributed by atoms with Gasteiger partial charge in [-0.25, -0.2) is 4.39 Å². The molecule has 2 aromatic carbocycles. The Morgan fingerprint density at radius 3 is 2.58 bits per heavy atom. The largest absolute Gasteiger partial charge is 0.490 e. The Hall–Kier alpha value is -2.15. The second kappa shape index (κ2) is 10.9. The Morgan fingerprint density at radius 2 is 1.91 bits per heavy atom. The number of rotatable bonds is 6. The molecule has 1 amide bonds. The van der Waals surface area contributed by atoms with Gasteiger partial charge in [-0.05, 0) is 74.6 Å². The normalized spacial score (nSPS) is 23.8. The topological polar surface area (TPSA) is 44.8 Å². The Kier molecular flexibility index (Phi) is 7.89. The number of hydrogen-bond donors (Lipinski definition) is 1. The summed E-state index contributed by atoms with van der Waals surface area (Å²) < 4.78 is 19.0. The van der Waals surface area contributed by atoms with E-state index in [0.29, 0.717) is 16.8 Å². The number of hydrogen-bond acceptors (Lipinski definition) is 4. The number of benzene rings is 2. The predicted molar refractivity (Wildman–Crippen MR) is 130 cm³/mol. The van der Waals surface area contributed by atoms with E-state index in [0.717, 1.165) is 63.1 Å². The van der Waals surface area contributed by atoms with Crippen LogP contribution in [0.25, 0.3) is 0 Å². The maximum atomic E-state index is 13.1. The molecule has 178 valence electrons. The molecule has 1 saturated heterocycles. The summed E-state index contributed by atoms with van der Waals surface area (Å²) in [5.41, 5.74) is 1.92. The van der Waals surface area contributed by atoms with Crippen molar-refractivity contribution < 1.29 is 13.9 Å². The van der Waals surface area contributed by atoms with Crippen LogP contribution in [0.3, 0.4) is 0 Å². The summed E-state index contributed by atoms with van der Waals surface area (Å²) in [6.45, 7) is 6.02. The third kappa shape index (κ3) is 6.25. The van der Waals surface area contributed by atoms with Crippen LogP contribution in [0.5, 0.6) is 5.75 Å². The second-order valence-corrected chi connectivity index (χ2v) is 9.72. The average molecular weight is 474 g/mol. The van der Waals surface area contributed by atoms with Crippen LogP contribution >= 0.6 is 11.6 Å². The lowest BCUT2D eigenvalue weighted by molar-refractivity contribution is -0.123. The van der Waals surface area contributed by atoms with E-state index >= 15 is 0 Å². The molecule has 0 aromatic heterocycles. The summed E-state index contributed by atoms with van der Waals surface area (Å²) in [5, 5.41) is 4.16. The number of carbonyl (C=O) groups is 1. The van der Waals surface area contributed by atoms with Crippen LogP contribution in [-0.4, -0.2) is 49.6 Å². The number of nitrogens with zero attached hydrogens (tertiary/aromatic N) is 2. The van der Waals surface area contributed by atoms with Crippen LogP contribution in [0, 0.1) is 11.7 Å². The maximum Gasteiger partial charge on any atom is 0.229 e. The van der Waals surface area contributed by atoms with Gasteiger partial charge in [-0.15, -0.1) is 0 Å². The molecule has 1 aliphatic heterocycles. The summed E-state index contributed by atoms with van der Waals surface area (Å²) in [6, 6.07) is 12.5. The molecule has 2 aromatic rings. The lowest BCUT2D eigenvalue weighted by Crippen LogP contribution is -2.48. The summed E-state index contributed by atoms with van der Waals surface area (Å²) in [6.07, 6.45) is 3.24. The minimum atomic E-state index is -0.272. The Morgan fingerprint density at radius 1 is 1.18 bits per heavy atom. The Labute approximate surface area is 200 Å². The van der Waals surface area contributed by atoms with Gasteiger partial charge >= 0.3 is 0 Å². The third-order valence-corrected chi connectivity index (χ3v) is 7.09. The van der Waals surface area contributed by atoms with Crippen molar-refractivity contribution in [3.63, 3.8) is 0 Å². The summed E-state index contributed by atoms with van der Waals surface area (Å²) in [4.78, 5) is 17.3. The van der Waals surface area contributed by atoms with Crippen molar-refractivity contribution in [2.24, 2.45) is 5.92 Å². The molecule has 0 bridgehead atoms. The molecule has 1 atom stereocenters. The summed E-state index contributed by atoms with van der Waals surface area (Å²) in [5.74, 6) is 0.498. The number of carbonyl (C=O) groups excluding carboxylic acids is 1. The maximum absolute atomic E-state index is 13.1. The van der Waals surface area contributed by atoms with Crippen LogP contribution in [0.4, 0.5) is 10.1 Å². The van der Waals surface area contributed by atoms with Crippen LogP contribution < -0.4 is 15.0 Å². The van der Waals surface area contributed by atoms with Crippen molar-refractivity contribution in [2.75, 3.05) is 31.6 Å². The number of amides is 1. The highest BCUT2D eigenvalue weighted by Crippen LogP contribution is 2.31. The molecule has 1 saturated carbocycles. The van der Waals surface area contributed by atoms with Crippen LogP contribution in [0.2, 0.25) is 5.02 Å². The molecule has 7 heteroatoms. The molecular formula is C26H33ClFN3O2. The minimum absolute atomic E-state index is 0.0242. The Bertz CT molecular complexity index is 947. The van der Waals surface area contributed by atoms with Gasteiger partial charge in [0.2, 0.25) is 5.91 Å². The van der Waals surface area contributed by atoms with Crippen LogP contribution in [-0.2, 0) is 11.3 Å². The number of ether oxygens (including phenoxy) is 1. The molecule has 5 nitrogen and oxygen atoms in total. The monoisotopic (exact) mass is 473 g/mol. The van der Waals surface area contributed by atoms with E-state index in [4.69, 9.17) is 16.3 Å². The first-order chi connectivity index (χ1) is 15.9. The zero-order valence-corrected chi connectivity index (χ0v) is 20.2. The van der Waals surface area contributed by atoms with E-state index < -0.39 is 0 Å². The van der Waals surface area contributed by atoms with Crippen molar-refractivity contribution >= 4 is 23.2 Å². The first-order valence-corrected chi connectivity index (χ1v) is 12.2. The van der Waals surface area contributed by atoms with Gasteiger partial charge in [0.1, 0.15) is 11.6 Å². The van der Waals surface area contributed by atoms with Gasteiger partial charge in [-0.3, -0.25) is 9.69 Å². The predicted octanol–water partition coefficient (Wildman–Crippen LogP) is 4.87. The van der Waals surface area contributed by atoms with E-state index in [2.05, 4.69) is 17.1 Å². The van der Waals surface area contributed by atoms with Gasteiger partial charge in [0, 0.05) is 55.9 Å². The van der Waals surface area contributed by atoms with E-state index in [9.17, 15) is 9.18 Å². The lowest BCUT2D eigenvalue weighted by atomic mass is 9.86. The molecule has 2 aliphatic rings. The van der Waals surface area contributed by atoms with E-state index in [1.807, 2.05) is 25.2 Å². The highest BCUT2D eigenvalue weighted by atomic mass is 35.5. The van der Waals surface area contributed by atoms with Gasteiger partial charge < -0.3 is 15.0 Å². The molecule has 1 aliphatic carbocycles. The fraction of sp³-hybridized carbons (Fsp3) is 0.500. The van der Waals surface area contributed by atoms with Crippen molar-refractivity contribution in [3.8, 4) is 5.75 Å². The number of piperazine rings is 1. The summed E-state index contributed by atoms with van der Waals surface area (Å²) in [7, 11) is 1.83. The van der Waals surface area contributed by atoms with Crippen molar-refractivity contribution in [1.29, 1.82) is 0 Å². The Balaban J connectivity index is 1.30. The fourth-order valence-corrected chi connectivity index (χ4v) is 5.04. The smallest absolute Gasteiger partial charge is 0.229 e. The number of halogens is 2. The summed E-state index contributed by atoms with van der Waals surface area (Å²) >= 11 is 6.61. The highest BCUT2D eigenvalue weighted by Gasteiger charge is 2.30. The van der Waals surface area contributed by atoms with E-state index in [1.54, 1.807) is 17.0 Å². The third-order valence-electron chi connectivity index (χ3n) is 6.74. The highest BCUT2D eigenvalue weighted by molar-refractivity contribution is 6.31. The average Bonchev–Trinajstić information content (AvgIpc) is 2.81. The molecule has 4 rings (SSSR count). The first-order valence-electron chi connectivity index (χ1n) is 11.8. The lowest BCUT2D eigenvalue weighted by Gasteiger charge is -2.32. The quantitative estimate of drug-likeness (QED) is 0.650. The number of anilines is 1. The van der Waals surface area contributed by atoms with Crippen LogP contribution in [0.1, 0.15) is 38.2 Å². The van der Waals surface area contributed by atoms with E-state index in [-0.39, 0.29) is 23.7 Å². The molecule has 0 unspecified atom stereocenters. The second-order valence-electron chi connectivity index (χ2n) is 9.31. The van der Waals surface area contributed by atoms with E-state index in [1.165, 1.54) is 12.1 Å². The van der Waals surface area contributed by atoms with Gasteiger partial charge in [-0.1, -0.05) is 17.7 Å². The van der Waals surface area contributed by atoms with Gasteiger partial charge in [-0.2, -0.15) is 0 Å². The molecule has 0 radical (unpaired) electrons. The fourth-order valence-electron chi connectivity index (χ4n) is 4.80. The van der Waals surface area contributed by atoms with Crippen molar-refractivity contribution in [3.05, 3.63) is 58.9 Å². The molecule has 2 fully saturated rings. The molecule has 1 N–H and O–H groups in total. The zero-order chi connectivity index (χ0) is 23.4. The molecule has 0 spiro atoms. The molecular weight excluding hydrogens is 441 g/mol. The van der Waals surface area contributed by atoms with Gasteiger partial charge in [0.25, 0.3) is 0 Å². The van der Waals surface area contributed by atoms with Gasteiger partial charge in [0.05, 0.1) is 6.10 Å². The number of nitrogens with one attached hydrogen (secondary N) is 1. The molecule has 1 heterocycles. The van der Waals surface area contributed by atoms with Crippen LogP contribution in [0.15, 0.2) is 42.5 Å². The first kappa shape index (κ1) is 24.0. The van der Waals surface area contributed by atoms with Crippen molar-refractivity contribution in [1.82, 2.24) is 10.2 Å². The zero-order valence-electron chi connectivity index (χ0n) is 19.4. The van der Waals surface area contributed by atoms with Crippen molar-refractivity contribution in [2.45, 2.75) is 51.3 Å². The minimum Gasteiger partial charge on any atom is -0.490 e. The SMILES string of the molecule is C[C@H]1CN(Cc2ccc(N(C)C(=O)[C@H]3CC[C@H](Oc4ccc(F)cc4)CC3)cc2Cl)CCN1.